The minimum absolute atomic E-state index is 0.0816. The topological polar surface area (TPSA) is 56.2 Å². The van der Waals surface area contributed by atoms with Crippen LogP contribution in [0.25, 0.3) is 0 Å². The Labute approximate surface area is 198 Å². The van der Waals surface area contributed by atoms with E-state index in [-0.39, 0.29) is 29.2 Å². The Morgan fingerprint density at radius 2 is 1.24 bits per heavy atom. The van der Waals surface area contributed by atoms with Gasteiger partial charge >= 0.3 is 0 Å². The maximum absolute atomic E-state index is 13.4. The van der Waals surface area contributed by atoms with Crippen LogP contribution >= 0.6 is 0 Å². The second kappa shape index (κ2) is 11.4. The molecule has 1 aliphatic rings. The van der Waals surface area contributed by atoms with E-state index in [9.17, 15) is 19.0 Å². The first-order valence-electron chi connectivity index (χ1n) is 11.6. The smallest absolute Gasteiger partial charge is 0.157 e. The van der Waals surface area contributed by atoms with Gasteiger partial charge in [0.2, 0.25) is 0 Å². The molecule has 3 aromatic carbocycles. The van der Waals surface area contributed by atoms with Crippen molar-refractivity contribution in [2.45, 2.75) is 12.5 Å². The monoisotopic (exact) mass is 468 g/mol. The lowest BCUT2D eigenvalue weighted by Gasteiger charge is -2.35. The van der Waals surface area contributed by atoms with Crippen molar-refractivity contribution in [2.75, 3.05) is 45.9 Å². The molecular formula is C27H30F2N2O3. The normalized spacial score (nSPS) is 15.1. The van der Waals surface area contributed by atoms with Crippen molar-refractivity contribution in [3.63, 3.8) is 0 Å². The van der Waals surface area contributed by atoms with E-state index in [0.29, 0.717) is 6.61 Å². The lowest BCUT2D eigenvalue weighted by atomic mass is 10.0. The Balaban J connectivity index is 1.25. The maximum Gasteiger partial charge on any atom is 0.157 e. The highest BCUT2D eigenvalue weighted by Gasteiger charge is 2.19. The maximum atomic E-state index is 13.4. The molecule has 4 rings (SSSR count). The first-order chi connectivity index (χ1) is 16.5. The van der Waals surface area contributed by atoms with E-state index in [0.717, 1.165) is 62.4 Å². The number of phenolic OH excluding ortho intramolecular Hbond substituents is 2. The van der Waals surface area contributed by atoms with Crippen LogP contribution in [-0.2, 0) is 11.2 Å². The summed E-state index contributed by atoms with van der Waals surface area (Å²) in [7, 11) is 0. The van der Waals surface area contributed by atoms with E-state index in [1.165, 1.54) is 30.3 Å². The summed E-state index contributed by atoms with van der Waals surface area (Å²) in [5.41, 5.74) is 2.66. The standard InChI is InChI=1S/C27H30F2N2O3/c28-23-6-2-21(3-7-23)27(22-4-8-24(29)9-5-22)34-18-17-31-15-13-30(14-16-31)12-11-20-1-10-25(32)26(33)19-20/h1-10,19,27,32-33H,11-18H2. The van der Waals surface area contributed by atoms with Crippen LogP contribution < -0.4 is 0 Å². The second-order valence-electron chi connectivity index (χ2n) is 8.61. The minimum Gasteiger partial charge on any atom is -0.504 e. The molecule has 0 atom stereocenters. The van der Waals surface area contributed by atoms with Gasteiger partial charge in [0.05, 0.1) is 6.61 Å². The van der Waals surface area contributed by atoms with E-state index >= 15 is 0 Å². The number of nitrogens with zero attached hydrogens (tertiary/aromatic N) is 2. The van der Waals surface area contributed by atoms with Crippen LogP contribution in [0.2, 0.25) is 0 Å². The summed E-state index contributed by atoms with van der Waals surface area (Å²) in [6.45, 7) is 5.94. The number of hydrogen-bond acceptors (Lipinski definition) is 5. The van der Waals surface area contributed by atoms with Crippen LogP contribution in [0.1, 0.15) is 22.8 Å². The highest BCUT2D eigenvalue weighted by molar-refractivity contribution is 5.40. The number of hydrogen-bond donors (Lipinski definition) is 2. The van der Waals surface area contributed by atoms with Crippen LogP contribution in [0.15, 0.2) is 66.7 Å². The summed E-state index contributed by atoms with van der Waals surface area (Å²) in [5, 5.41) is 19.1. The van der Waals surface area contributed by atoms with Crippen LogP contribution in [0.4, 0.5) is 8.78 Å². The van der Waals surface area contributed by atoms with Gasteiger partial charge in [-0.3, -0.25) is 4.90 Å². The molecule has 34 heavy (non-hydrogen) atoms. The number of ether oxygens (including phenoxy) is 1. The molecule has 0 radical (unpaired) electrons. The van der Waals surface area contributed by atoms with Crippen LogP contribution in [-0.4, -0.2) is 65.9 Å². The average Bonchev–Trinajstić information content (AvgIpc) is 2.85. The summed E-state index contributed by atoms with van der Waals surface area (Å²) < 4.78 is 33.0. The van der Waals surface area contributed by atoms with E-state index in [1.54, 1.807) is 30.3 Å². The lowest BCUT2D eigenvalue weighted by molar-refractivity contribution is 0.0454. The van der Waals surface area contributed by atoms with Crippen molar-refractivity contribution in [3.8, 4) is 11.5 Å². The fraction of sp³-hybridized carbons (Fsp3) is 0.333. The van der Waals surface area contributed by atoms with Crippen LogP contribution in [0.3, 0.4) is 0 Å². The Bertz CT molecular complexity index is 1010. The van der Waals surface area contributed by atoms with Crippen molar-refractivity contribution < 1.29 is 23.7 Å². The molecule has 5 nitrogen and oxygen atoms in total. The molecule has 1 aliphatic heterocycles. The summed E-state index contributed by atoms with van der Waals surface area (Å²) in [4.78, 5) is 4.75. The fourth-order valence-corrected chi connectivity index (χ4v) is 4.21. The molecular weight excluding hydrogens is 438 g/mol. The quantitative estimate of drug-likeness (QED) is 0.458. The zero-order valence-corrected chi connectivity index (χ0v) is 19.0. The molecule has 0 amide bonds. The van der Waals surface area contributed by atoms with Crippen molar-refractivity contribution in [2.24, 2.45) is 0 Å². The van der Waals surface area contributed by atoms with Gasteiger partial charge in [0.25, 0.3) is 0 Å². The van der Waals surface area contributed by atoms with Crippen LogP contribution in [0.5, 0.6) is 11.5 Å². The summed E-state index contributed by atoms with van der Waals surface area (Å²) in [5.74, 6) is -0.786. The number of rotatable bonds is 9. The Hall–Kier alpha value is -3.00. The third kappa shape index (κ3) is 6.53. The van der Waals surface area contributed by atoms with Crippen molar-refractivity contribution >= 4 is 0 Å². The predicted molar refractivity (Wildman–Crippen MR) is 127 cm³/mol. The van der Waals surface area contributed by atoms with E-state index < -0.39 is 0 Å². The molecule has 1 saturated heterocycles. The molecule has 0 spiro atoms. The van der Waals surface area contributed by atoms with Gasteiger partial charge in [0, 0.05) is 39.3 Å². The highest BCUT2D eigenvalue weighted by atomic mass is 19.1. The average molecular weight is 469 g/mol. The molecule has 2 N–H and O–H groups in total. The second-order valence-corrected chi connectivity index (χ2v) is 8.61. The molecule has 0 aliphatic carbocycles. The van der Waals surface area contributed by atoms with Crippen molar-refractivity contribution in [3.05, 3.63) is 95.1 Å². The van der Waals surface area contributed by atoms with E-state index in [4.69, 9.17) is 4.74 Å². The molecule has 180 valence electrons. The zero-order chi connectivity index (χ0) is 23.9. The third-order valence-electron chi connectivity index (χ3n) is 6.26. The Morgan fingerprint density at radius 1 is 0.706 bits per heavy atom. The van der Waals surface area contributed by atoms with Gasteiger partial charge in [-0.25, -0.2) is 8.78 Å². The van der Waals surface area contributed by atoms with Crippen LogP contribution in [0, 0.1) is 11.6 Å². The number of halogens is 2. The SMILES string of the molecule is Oc1ccc(CCN2CCN(CCOC(c3ccc(F)cc3)c3ccc(F)cc3)CC2)cc1O. The summed E-state index contributed by atoms with van der Waals surface area (Å²) in [6.07, 6.45) is 0.428. The zero-order valence-electron chi connectivity index (χ0n) is 19.0. The number of phenols is 2. The van der Waals surface area contributed by atoms with Gasteiger partial charge in [0.15, 0.2) is 11.5 Å². The molecule has 1 fully saturated rings. The first kappa shape index (κ1) is 24.1. The molecule has 0 saturated carbocycles. The first-order valence-corrected chi connectivity index (χ1v) is 11.6. The molecule has 0 unspecified atom stereocenters. The number of piperazine rings is 1. The van der Waals surface area contributed by atoms with Gasteiger partial charge in [-0.15, -0.1) is 0 Å². The van der Waals surface area contributed by atoms with E-state index in [2.05, 4.69) is 9.80 Å². The van der Waals surface area contributed by atoms with Gasteiger partial charge in [0.1, 0.15) is 17.7 Å². The van der Waals surface area contributed by atoms with Crippen molar-refractivity contribution in [1.82, 2.24) is 9.80 Å². The third-order valence-corrected chi connectivity index (χ3v) is 6.26. The van der Waals surface area contributed by atoms with Gasteiger partial charge in [-0.1, -0.05) is 30.3 Å². The van der Waals surface area contributed by atoms with Gasteiger partial charge < -0.3 is 19.8 Å². The lowest BCUT2D eigenvalue weighted by Crippen LogP contribution is -2.47. The fourth-order valence-electron chi connectivity index (χ4n) is 4.21. The molecule has 3 aromatic rings. The molecule has 0 aromatic heterocycles. The molecule has 0 bridgehead atoms. The highest BCUT2D eigenvalue weighted by Crippen LogP contribution is 2.27. The summed E-state index contributed by atoms with van der Waals surface area (Å²) in [6, 6.07) is 17.4. The van der Waals surface area contributed by atoms with Crippen molar-refractivity contribution in [1.29, 1.82) is 0 Å². The Kier molecular flexibility index (Phi) is 8.11. The van der Waals surface area contributed by atoms with Gasteiger partial charge in [-0.2, -0.15) is 0 Å². The van der Waals surface area contributed by atoms with E-state index in [1.807, 2.05) is 6.07 Å². The largest absolute Gasteiger partial charge is 0.504 e. The predicted octanol–water partition coefficient (Wildman–Crippen LogP) is 4.34. The number of aromatic hydroxyl groups is 2. The Morgan fingerprint density at radius 3 is 1.76 bits per heavy atom. The summed E-state index contributed by atoms with van der Waals surface area (Å²) >= 11 is 0. The number of benzene rings is 3. The molecule has 1 heterocycles. The molecule has 7 heteroatoms. The minimum atomic E-state index is -0.385. The van der Waals surface area contributed by atoms with Gasteiger partial charge in [-0.05, 0) is 59.5 Å².